The molecule has 7 atom stereocenters. The Hall–Kier alpha value is -1.06. The summed E-state index contributed by atoms with van der Waals surface area (Å²) < 4.78 is 10.9. The molecule has 4 nitrogen and oxygen atoms in total. The lowest BCUT2D eigenvalue weighted by Crippen LogP contribution is -2.41. The molecule has 2 saturated carbocycles. The summed E-state index contributed by atoms with van der Waals surface area (Å²) in [4.78, 5) is 23.8. The molecule has 2 aliphatic carbocycles. The van der Waals surface area contributed by atoms with Gasteiger partial charge in [0, 0.05) is 11.8 Å². The third-order valence-electron chi connectivity index (χ3n) is 5.59. The highest BCUT2D eigenvalue weighted by Crippen LogP contribution is 2.58. The van der Waals surface area contributed by atoms with Gasteiger partial charge in [-0.05, 0) is 24.7 Å². The van der Waals surface area contributed by atoms with Gasteiger partial charge in [-0.25, -0.2) is 0 Å². The number of rotatable bonds is 3. The molecule has 1 saturated heterocycles. The van der Waals surface area contributed by atoms with Gasteiger partial charge < -0.3 is 9.47 Å². The van der Waals surface area contributed by atoms with Gasteiger partial charge in [-0.15, -0.1) is 0 Å². The quantitative estimate of drug-likeness (QED) is 0.733. The van der Waals surface area contributed by atoms with E-state index in [0.717, 1.165) is 12.8 Å². The van der Waals surface area contributed by atoms with E-state index in [1.165, 1.54) is 0 Å². The van der Waals surface area contributed by atoms with Crippen molar-refractivity contribution in [2.45, 2.75) is 39.7 Å². The van der Waals surface area contributed by atoms with Gasteiger partial charge in [-0.2, -0.15) is 0 Å². The Morgan fingerprint density at radius 2 is 2.16 bits per heavy atom. The van der Waals surface area contributed by atoms with Crippen LogP contribution < -0.4 is 0 Å². The van der Waals surface area contributed by atoms with Crippen LogP contribution in [0.25, 0.3) is 0 Å². The van der Waals surface area contributed by atoms with Crippen molar-refractivity contribution in [3.8, 4) is 0 Å². The van der Waals surface area contributed by atoms with E-state index in [1.54, 1.807) is 0 Å². The summed E-state index contributed by atoms with van der Waals surface area (Å²) in [7, 11) is 0. The molecule has 0 aromatic heterocycles. The highest BCUT2D eigenvalue weighted by atomic mass is 16.6. The molecule has 0 aromatic carbocycles. The number of carbonyl (C=O) groups is 2. The highest BCUT2D eigenvalue weighted by molar-refractivity contribution is 5.76. The van der Waals surface area contributed by atoms with Crippen molar-refractivity contribution in [3.63, 3.8) is 0 Å². The summed E-state index contributed by atoms with van der Waals surface area (Å²) >= 11 is 0. The van der Waals surface area contributed by atoms with E-state index in [4.69, 9.17) is 9.47 Å². The summed E-state index contributed by atoms with van der Waals surface area (Å²) in [6, 6.07) is 0. The summed E-state index contributed by atoms with van der Waals surface area (Å²) in [6.07, 6.45) is 1.73. The Bertz CT molecular complexity index is 405. The number of hydrogen-bond acceptors (Lipinski definition) is 4. The average molecular weight is 266 g/mol. The highest BCUT2D eigenvalue weighted by Gasteiger charge is 2.63. The predicted molar refractivity (Wildman–Crippen MR) is 68.0 cm³/mol. The second kappa shape index (κ2) is 4.50. The van der Waals surface area contributed by atoms with E-state index in [2.05, 4.69) is 6.92 Å². The van der Waals surface area contributed by atoms with Crippen molar-refractivity contribution in [2.75, 3.05) is 6.61 Å². The van der Waals surface area contributed by atoms with E-state index >= 15 is 0 Å². The molecule has 0 radical (unpaired) electrons. The van der Waals surface area contributed by atoms with Gasteiger partial charge in [0.2, 0.25) is 0 Å². The zero-order valence-corrected chi connectivity index (χ0v) is 11.8. The van der Waals surface area contributed by atoms with Crippen molar-refractivity contribution in [3.05, 3.63) is 0 Å². The van der Waals surface area contributed by atoms with Crippen LogP contribution in [0.2, 0.25) is 0 Å². The fourth-order valence-electron chi connectivity index (χ4n) is 4.26. The van der Waals surface area contributed by atoms with Crippen molar-refractivity contribution in [1.82, 2.24) is 0 Å². The first-order valence-corrected chi connectivity index (χ1v) is 7.41. The van der Waals surface area contributed by atoms with Gasteiger partial charge in [0.05, 0.1) is 18.4 Å². The Balaban J connectivity index is 1.74. The maximum Gasteiger partial charge on any atom is 0.309 e. The van der Waals surface area contributed by atoms with Crippen LogP contribution in [-0.2, 0) is 19.1 Å². The van der Waals surface area contributed by atoms with Crippen molar-refractivity contribution < 1.29 is 19.1 Å². The van der Waals surface area contributed by atoms with Crippen LogP contribution in [0.5, 0.6) is 0 Å². The van der Waals surface area contributed by atoms with Crippen LogP contribution in [0.15, 0.2) is 0 Å². The van der Waals surface area contributed by atoms with Gasteiger partial charge in [-0.3, -0.25) is 9.59 Å². The summed E-state index contributed by atoms with van der Waals surface area (Å²) in [5.41, 5.74) is 0. The third-order valence-corrected chi connectivity index (χ3v) is 5.59. The minimum atomic E-state index is -0.116. The van der Waals surface area contributed by atoms with Gasteiger partial charge in [-0.1, -0.05) is 20.8 Å². The SMILES string of the molecule is CCC(C)C(=O)OC1C(C)C2CC1C1C(=O)OCC21. The first kappa shape index (κ1) is 12.9. The number of carbonyl (C=O) groups excluding carboxylic acids is 2. The number of cyclic esters (lactones) is 1. The molecule has 3 fully saturated rings. The maximum absolute atomic E-state index is 12.0. The van der Waals surface area contributed by atoms with Crippen molar-refractivity contribution >= 4 is 11.9 Å². The maximum atomic E-state index is 12.0. The lowest BCUT2D eigenvalue weighted by atomic mass is 9.74. The van der Waals surface area contributed by atoms with E-state index < -0.39 is 0 Å². The lowest BCUT2D eigenvalue weighted by Gasteiger charge is -2.34. The average Bonchev–Trinajstić information content (AvgIpc) is 3.03. The van der Waals surface area contributed by atoms with Crippen LogP contribution >= 0.6 is 0 Å². The zero-order valence-electron chi connectivity index (χ0n) is 11.8. The summed E-state index contributed by atoms with van der Waals surface area (Å²) in [6.45, 7) is 6.60. The third kappa shape index (κ3) is 1.79. The minimum absolute atomic E-state index is 0.0177. The standard InChI is InChI=1S/C15H22O4/c1-4-7(2)14(16)19-13-8(3)9-5-10(13)12-11(9)6-18-15(12)17/h7-13H,4-6H2,1-3H3. The molecule has 0 N–H and O–H groups in total. The molecule has 1 aliphatic heterocycles. The second-order valence-electron chi connectivity index (χ2n) is 6.45. The normalized spacial score (nSPS) is 44.9. The molecular formula is C15H22O4. The molecule has 0 aromatic rings. The predicted octanol–water partition coefficient (Wildman–Crippen LogP) is 2.02. The molecule has 0 amide bonds. The minimum Gasteiger partial charge on any atom is -0.465 e. The zero-order chi connectivity index (χ0) is 13.7. The van der Waals surface area contributed by atoms with Crippen molar-refractivity contribution in [2.24, 2.45) is 35.5 Å². The van der Waals surface area contributed by atoms with E-state index in [0.29, 0.717) is 24.4 Å². The van der Waals surface area contributed by atoms with Gasteiger partial charge in [0.1, 0.15) is 6.10 Å². The molecule has 3 rings (SSSR count). The van der Waals surface area contributed by atoms with E-state index in [1.807, 2.05) is 13.8 Å². The molecule has 1 heterocycles. The second-order valence-corrected chi connectivity index (χ2v) is 6.45. The molecular weight excluding hydrogens is 244 g/mol. The molecule has 2 bridgehead atoms. The van der Waals surface area contributed by atoms with Crippen LogP contribution in [0.1, 0.15) is 33.6 Å². The number of esters is 2. The van der Waals surface area contributed by atoms with Gasteiger partial charge >= 0.3 is 11.9 Å². The summed E-state index contributed by atoms with van der Waals surface area (Å²) in [5, 5.41) is 0. The van der Waals surface area contributed by atoms with E-state index in [9.17, 15) is 9.59 Å². The number of fused-ring (bicyclic) bond motifs is 5. The first-order valence-electron chi connectivity index (χ1n) is 7.41. The van der Waals surface area contributed by atoms with Crippen LogP contribution in [0, 0.1) is 35.5 Å². The van der Waals surface area contributed by atoms with Crippen LogP contribution in [-0.4, -0.2) is 24.6 Å². The van der Waals surface area contributed by atoms with E-state index in [-0.39, 0.29) is 35.8 Å². The van der Waals surface area contributed by atoms with Gasteiger partial charge in [0.15, 0.2) is 0 Å². The molecule has 7 unspecified atom stereocenters. The topological polar surface area (TPSA) is 52.6 Å². The molecule has 106 valence electrons. The molecule has 19 heavy (non-hydrogen) atoms. The molecule has 3 aliphatic rings. The fraction of sp³-hybridized carbons (Fsp3) is 0.867. The molecule has 4 heteroatoms. The Morgan fingerprint density at radius 3 is 2.84 bits per heavy atom. The Labute approximate surface area is 113 Å². The Morgan fingerprint density at radius 1 is 1.42 bits per heavy atom. The Kier molecular flexibility index (Phi) is 3.06. The monoisotopic (exact) mass is 266 g/mol. The smallest absolute Gasteiger partial charge is 0.309 e. The number of ether oxygens (including phenoxy) is 2. The van der Waals surface area contributed by atoms with Gasteiger partial charge in [0.25, 0.3) is 0 Å². The molecule has 0 spiro atoms. The summed E-state index contributed by atoms with van der Waals surface area (Å²) in [5.74, 6) is 1.13. The van der Waals surface area contributed by atoms with Crippen LogP contribution in [0.4, 0.5) is 0 Å². The van der Waals surface area contributed by atoms with Crippen molar-refractivity contribution in [1.29, 1.82) is 0 Å². The van der Waals surface area contributed by atoms with Crippen LogP contribution in [0.3, 0.4) is 0 Å². The first-order chi connectivity index (χ1) is 9.04. The number of hydrogen-bond donors (Lipinski definition) is 0. The lowest BCUT2D eigenvalue weighted by molar-refractivity contribution is -0.163. The largest absolute Gasteiger partial charge is 0.465 e. The fourth-order valence-corrected chi connectivity index (χ4v) is 4.26.